The molecule has 0 amide bonds. The molecular weight excluding hydrogens is 259 g/mol. The maximum Gasteiger partial charge on any atom is 0.400 e. The Morgan fingerprint density at radius 3 is 2.42 bits per heavy atom. The summed E-state index contributed by atoms with van der Waals surface area (Å²) in [6.07, 6.45) is -4.55. The zero-order valence-corrected chi connectivity index (χ0v) is 10.4. The van der Waals surface area contributed by atoms with E-state index in [9.17, 15) is 13.2 Å². The number of nitrogens with zero attached hydrogens (tertiary/aromatic N) is 1. The minimum atomic E-state index is -4.55. The molecule has 0 aliphatic carbocycles. The molecule has 1 aromatic carbocycles. The maximum absolute atomic E-state index is 12.6. The fourth-order valence-electron chi connectivity index (χ4n) is 1.52. The first kappa shape index (κ1) is 15.3. The number of aryl methyl sites for hydroxylation is 1. The van der Waals surface area contributed by atoms with Crippen LogP contribution in [-0.2, 0) is 6.54 Å². The van der Waals surface area contributed by atoms with Crippen LogP contribution in [-0.4, -0.2) is 23.8 Å². The Hall–Kier alpha value is -1.76. The van der Waals surface area contributed by atoms with E-state index in [4.69, 9.17) is 10.9 Å². The number of halogens is 3. The third-order valence-electron chi connectivity index (χ3n) is 2.67. The van der Waals surface area contributed by atoms with E-state index in [0.29, 0.717) is 0 Å². The monoisotopic (exact) mass is 275 g/mol. The Labute approximate surface area is 109 Å². The smallest absolute Gasteiger partial charge is 0.400 e. The van der Waals surface area contributed by atoms with Gasteiger partial charge in [0.1, 0.15) is 5.92 Å². The van der Waals surface area contributed by atoms with Crippen LogP contribution in [0.25, 0.3) is 0 Å². The molecule has 0 heterocycles. The van der Waals surface area contributed by atoms with Crippen LogP contribution in [0, 0.1) is 12.8 Å². The number of alkyl halides is 3. The van der Waals surface area contributed by atoms with Crippen LogP contribution in [0.2, 0.25) is 0 Å². The number of nitrogens with two attached hydrogens (primary N) is 1. The van der Waals surface area contributed by atoms with Crippen molar-refractivity contribution in [2.75, 3.05) is 6.54 Å². The van der Waals surface area contributed by atoms with E-state index >= 15 is 0 Å². The van der Waals surface area contributed by atoms with E-state index in [1.165, 1.54) is 0 Å². The molecule has 106 valence electrons. The molecule has 7 heteroatoms. The van der Waals surface area contributed by atoms with Gasteiger partial charge < -0.3 is 16.3 Å². The van der Waals surface area contributed by atoms with Gasteiger partial charge in [0.15, 0.2) is 5.84 Å². The molecule has 1 unspecified atom stereocenters. The van der Waals surface area contributed by atoms with Gasteiger partial charge in [0, 0.05) is 13.1 Å². The second kappa shape index (κ2) is 6.42. The Morgan fingerprint density at radius 2 is 1.95 bits per heavy atom. The van der Waals surface area contributed by atoms with Crippen LogP contribution in [0.1, 0.15) is 11.1 Å². The van der Waals surface area contributed by atoms with Gasteiger partial charge in [-0.3, -0.25) is 0 Å². The Kier molecular flexibility index (Phi) is 5.17. The van der Waals surface area contributed by atoms with Crippen molar-refractivity contribution in [3.05, 3.63) is 35.4 Å². The predicted octanol–water partition coefficient (Wildman–Crippen LogP) is 2.01. The van der Waals surface area contributed by atoms with Crippen molar-refractivity contribution in [2.45, 2.75) is 19.6 Å². The van der Waals surface area contributed by atoms with E-state index in [0.717, 1.165) is 11.1 Å². The van der Waals surface area contributed by atoms with E-state index in [2.05, 4.69) is 10.5 Å². The number of oxime groups is 1. The molecule has 4 nitrogen and oxygen atoms in total. The quantitative estimate of drug-likeness (QED) is 0.333. The number of benzene rings is 1. The maximum atomic E-state index is 12.6. The second-order valence-electron chi connectivity index (χ2n) is 4.24. The van der Waals surface area contributed by atoms with E-state index in [-0.39, 0.29) is 6.54 Å². The summed E-state index contributed by atoms with van der Waals surface area (Å²) in [4.78, 5) is 0. The summed E-state index contributed by atoms with van der Waals surface area (Å²) in [6, 6.07) is 7.41. The molecule has 1 rings (SSSR count). The molecular formula is C12H16F3N3O. The van der Waals surface area contributed by atoms with Crippen LogP contribution in [0.4, 0.5) is 13.2 Å². The first-order valence-corrected chi connectivity index (χ1v) is 5.65. The lowest BCUT2D eigenvalue weighted by atomic mass is 10.1. The van der Waals surface area contributed by atoms with E-state index in [1.807, 2.05) is 31.2 Å². The number of rotatable bonds is 5. The first-order valence-electron chi connectivity index (χ1n) is 5.65. The zero-order valence-electron chi connectivity index (χ0n) is 10.4. The molecule has 0 bridgehead atoms. The highest BCUT2D eigenvalue weighted by Crippen LogP contribution is 2.25. The highest BCUT2D eigenvalue weighted by molar-refractivity contribution is 5.83. The lowest BCUT2D eigenvalue weighted by Crippen LogP contribution is -2.42. The molecule has 1 atom stereocenters. The van der Waals surface area contributed by atoms with Crippen LogP contribution in [0.5, 0.6) is 0 Å². The first-order chi connectivity index (χ1) is 8.84. The van der Waals surface area contributed by atoms with Gasteiger partial charge >= 0.3 is 6.18 Å². The van der Waals surface area contributed by atoms with Crippen LogP contribution in [0.15, 0.2) is 29.4 Å². The summed E-state index contributed by atoms with van der Waals surface area (Å²) in [5.74, 6) is -2.84. The molecule has 0 aliphatic heterocycles. The van der Waals surface area contributed by atoms with Gasteiger partial charge in [0.25, 0.3) is 0 Å². The Morgan fingerprint density at radius 1 is 1.37 bits per heavy atom. The zero-order chi connectivity index (χ0) is 14.5. The lowest BCUT2D eigenvalue weighted by Gasteiger charge is -2.19. The topological polar surface area (TPSA) is 70.6 Å². The average Bonchev–Trinajstić information content (AvgIpc) is 2.34. The van der Waals surface area contributed by atoms with Crippen LogP contribution >= 0.6 is 0 Å². The van der Waals surface area contributed by atoms with Crippen molar-refractivity contribution in [1.82, 2.24) is 5.32 Å². The highest BCUT2D eigenvalue weighted by atomic mass is 19.4. The minimum Gasteiger partial charge on any atom is -0.409 e. The standard InChI is InChI=1S/C12H16F3N3O/c1-8-2-4-9(5-3-8)6-17-7-10(11(16)18-19)12(13,14)15/h2-5,10,17,19H,6-7H2,1H3,(H2,16,18). The molecule has 0 aliphatic rings. The minimum absolute atomic E-state index is 0.283. The Balaban J connectivity index is 2.56. The fraction of sp³-hybridized carbons (Fsp3) is 0.417. The molecule has 0 fully saturated rings. The highest BCUT2D eigenvalue weighted by Gasteiger charge is 2.42. The predicted molar refractivity (Wildman–Crippen MR) is 65.8 cm³/mol. The SMILES string of the molecule is Cc1ccc(CNCC(/C(N)=N/O)C(F)(F)F)cc1. The lowest BCUT2D eigenvalue weighted by molar-refractivity contribution is -0.154. The summed E-state index contributed by atoms with van der Waals surface area (Å²) in [6.45, 7) is 1.77. The molecule has 0 radical (unpaired) electrons. The molecule has 19 heavy (non-hydrogen) atoms. The van der Waals surface area contributed by atoms with Gasteiger partial charge in [-0.1, -0.05) is 35.0 Å². The van der Waals surface area contributed by atoms with Crippen molar-refractivity contribution >= 4 is 5.84 Å². The van der Waals surface area contributed by atoms with Crippen molar-refractivity contribution in [3.63, 3.8) is 0 Å². The number of amidine groups is 1. The number of hydrogen-bond donors (Lipinski definition) is 3. The normalized spacial score (nSPS) is 14.4. The molecule has 0 saturated carbocycles. The van der Waals surface area contributed by atoms with Gasteiger partial charge in [-0.2, -0.15) is 13.2 Å². The fourth-order valence-corrected chi connectivity index (χ4v) is 1.52. The van der Waals surface area contributed by atoms with Crippen LogP contribution in [0.3, 0.4) is 0 Å². The van der Waals surface area contributed by atoms with Gasteiger partial charge in [-0.25, -0.2) is 0 Å². The molecule has 1 aromatic rings. The van der Waals surface area contributed by atoms with Gasteiger partial charge in [0.05, 0.1) is 0 Å². The van der Waals surface area contributed by atoms with Crippen molar-refractivity contribution < 1.29 is 18.4 Å². The Bertz CT molecular complexity index is 429. The van der Waals surface area contributed by atoms with Gasteiger partial charge in [-0.15, -0.1) is 0 Å². The van der Waals surface area contributed by atoms with Crippen molar-refractivity contribution in [3.8, 4) is 0 Å². The number of hydrogen-bond acceptors (Lipinski definition) is 3. The molecule has 0 saturated heterocycles. The van der Waals surface area contributed by atoms with Crippen LogP contribution < -0.4 is 11.1 Å². The summed E-state index contributed by atoms with van der Waals surface area (Å²) in [5, 5.41) is 13.4. The van der Waals surface area contributed by atoms with E-state index in [1.54, 1.807) is 0 Å². The van der Waals surface area contributed by atoms with Crippen molar-refractivity contribution in [2.24, 2.45) is 16.8 Å². The van der Waals surface area contributed by atoms with Gasteiger partial charge in [-0.05, 0) is 12.5 Å². The largest absolute Gasteiger partial charge is 0.409 e. The summed E-state index contributed by atoms with van der Waals surface area (Å²) < 4.78 is 37.9. The molecule has 0 aromatic heterocycles. The summed E-state index contributed by atoms with van der Waals surface area (Å²) in [7, 11) is 0. The molecule has 0 spiro atoms. The molecule has 4 N–H and O–H groups in total. The average molecular weight is 275 g/mol. The number of nitrogens with one attached hydrogen (secondary N) is 1. The summed E-state index contributed by atoms with van der Waals surface area (Å²) >= 11 is 0. The van der Waals surface area contributed by atoms with Crippen molar-refractivity contribution in [1.29, 1.82) is 0 Å². The van der Waals surface area contributed by atoms with E-state index < -0.39 is 24.5 Å². The van der Waals surface area contributed by atoms with Gasteiger partial charge in [0.2, 0.25) is 0 Å². The summed E-state index contributed by atoms with van der Waals surface area (Å²) in [5.41, 5.74) is 6.99. The third kappa shape index (κ3) is 4.78. The second-order valence-corrected chi connectivity index (χ2v) is 4.24. The third-order valence-corrected chi connectivity index (χ3v) is 2.67.